The molecule has 2 unspecified atom stereocenters. The highest BCUT2D eigenvalue weighted by molar-refractivity contribution is 5.90. The average Bonchev–Trinajstić information content (AvgIpc) is 2.94. The maximum atomic E-state index is 11.1. The van der Waals surface area contributed by atoms with Gasteiger partial charge in [-0.3, -0.25) is 9.98 Å². The van der Waals surface area contributed by atoms with E-state index in [0.717, 1.165) is 24.0 Å². The zero-order valence-corrected chi connectivity index (χ0v) is 25.6. The van der Waals surface area contributed by atoms with Crippen LogP contribution in [0.2, 0.25) is 0 Å². The SMILES string of the molecule is CCC(C)c1cc(C=Nc2ccc(OC)cc2N=Cc2cc(C(C)CC)cc(C(C)C)c2O)c(O)c(C(C)C)c1. The molecule has 3 aromatic rings. The van der Waals surface area contributed by atoms with Crippen molar-refractivity contribution in [3.8, 4) is 17.2 Å². The summed E-state index contributed by atoms with van der Waals surface area (Å²) in [5.41, 5.74) is 6.83. The molecule has 0 heterocycles. The van der Waals surface area contributed by atoms with Crippen LogP contribution in [0.25, 0.3) is 0 Å². The first-order valence-electron chi connectivity index (χ1n) is 14.5. The van der Waals surface area contributed by atoms with Gasteiger partial charge in [-0.15, -0.1) is 0 Å². The van der Waals surface area contributed by atoms with Crippen molar-refractivity contribution in [1.82, 2.24) is 0 Å². The molecule has 2 N–H and O–H groups in total. The van der Waals surface area contributed by atoms with Crippen LogP contribution in [0.5, 0.6) is 17.2 Å². The van der Waals surface area contributed by atoms with Crippen LogP contribution < -0.4 is 4.74 Å². The number of phenolic OH excluding ortho intramolecular Hbond substituents is 2. The zero-order valence-electron chi connectivity index (χ0n) is 25.6. The Morgan fingerprint density at radius 1 is 0.675 bits per heavy atom. The molecule has 0 aliphatic rings. The van der Waals surface area contributed by atoms with E-state index in [2.05, 4.69) is 67.5 Å². The summed E-state index contributed by atoms with van der Waals surface area (Å²) in [5, 5.41) is 22.1. The van der Waals surface area contributed by atoms with E-state index >= 15 is 0 Å². The lowest BCUT2D eigenvalue weighted by molar-refractivity contribution is 0.415. The zero-order chi connectivity index (χ0) is 29.6. The highest BCUT2D eigenvalue weighted by atomic mass is 16.5. The van der Waals surface area contributed by atoms with Crippen LogP contribution in [-0.2, 0) is 0 Å². The van der Waals surface area contributed by atoms with E-state index in [9.17, 15) is 10.2 Å². The fourth-order valence-corrected chi connectivity index (χ4v) is 4.65. The molecule has 2 atom stereocenters. The van der Waals surface area contributed by atoms with Crippen molar-refractivity contribution in [3.05, 3.63) is 75.8 Å². The lowest BCUT2D eigenvalue weighted by Crippen LogP contribution is -1.99. The van der Waals surface area contributed by atoms with Crippen molar-refractivity contribution in [1.29, 1.82) is 0 Å². The van der Waals surface area contributed by atoms with Crippen LogP contribution in [0.3, 0.4) is 0 Å². The lowest BCUT2D eigenvalue weighted by atomic mass is 9.90. The van der Waals surface area contributed by atoms with Gasteiger partial charge in [0.2, 0.25) is 0 Å². The Balaban J connectivity index is 2.10. The molecular formula is C35H46N2O3. The van der Waals surface area contributed by atoms with E-state index in [4.69, 9.17) is 14.7 Å². The van der Waals surface area contributed by atoms with Gasteiger partial charge in [-0.1, -0.05) is 67.5 Å². The van der Waals surface area contributed by atoms with E-state index in [1.807, 2.05) is 30.3 Å². The van der Waals surface area contributed by atoms with Gasteiger partial charge >= 0.3 is 0 Å². The van der Waals surface area contributed by atoms with Crippen molar-refractivity contribution >= 4 is 23.8 Å². The van der Waals surface area contributed by atoms with Gasteiger partial charge in [-0.2, -0.15) is 0 Å². The summed E-state index contributed by atoms with van der Waals surface area (Å²) in [6.07, 6.45) is 5.45. The summed E-state index contributed by atoms with van der Waals surface area (Å²) < 4.78 is 5.46. The normalized spacial score (nSPS) is 13.6. The summed E-state index contributed by atoms with van der Waals surface area (Å²) in [6, 6.07) is 13.8. The van der Waals surface area contributed by atoms with Gasteiger partial charge in [0, 0.05) is 29.6 Å². The van der Waals surface area contributed by atoms with Crippen LogP contribution in [0.4, 0.5) is 11.4 Å². The Bertz CT molecular complexity index is 1370. The highest BCUT2D eigenvalue weighted by Crippen LogP contribution is 2.37. The van der Waals surface area contributed by atoms with E-state index in [1.54, 1.807) is 19.5 Å². The number of hydrogen-bond donors (Lipinski definition) is 2. The third-order valence-corrected chi connectivity index (χ3v) is 7.86. The summed E-state index contributed by atoms with van der Waals surface area (Å²) >= 11 is 0. The molecule has 40 heavy (non-hydrogen) atoms. The van der Waals surface area contributed by atoms with Gasteiger partial charge in [0.15, 0.2) is 0 Å². The van der Waals surface area contributed by atoms with Crippen molar-refractivity contribution in [2.45, 2.75) is 91.9 Å². The Morgan fingerprint density at radius 2 is 1.12 bits per heavy atom. The fraction of sp³-hybridized carbons (Fsp3) is 0.429. The Kier molecular flexibility index (Phi) is 10.6. The van der Waals surface area contributed by atoms with Gasteiger partial charge in [0.25, 0.3) is 0 Å². The molecular weight excluding hydrogens is 496 g/mol. The van der Waals surface area contributed by atoms with E-state index in [-0.39, 0.29) is 23.3 Å². The van der Waals surface area contributed by atoms with Gasteiger partial charge < -0.3 is 14.9 Å². The predicted molar refractivity (Wildman–Crippen MR) is 169 cm³/mol. The largest absolute Gasteiger partial charge is 0.507 e. The number of hydrogen-bond acceptors (Lipinski definition) is 5. The second kappa shape index (κ2) is 13.6. The number of methoxy groups -OCH3 is 1. The molecule has 0 amide bonds. The molecule has 3 rings (SSSR count). The number of aliphatic imine (C=N–C) groups is 2. The second-order valence-electron chi connectivity index (χ2n) is 11.4. The number of rotatable bonds is 11. The number of benzene rings is 3. The number of ether oxygens (including phenoxy) is 1. The lowest BCUT2D eigenvalue weighted by Gasteiger charge is -2.17. The monoisotopic (exact) mass is 542 g/mol. The van der Waals surface area contributed by atoms with Crippen molar-refractivity contribution in [2.24, 2.45) is 9.98 Å². The number of phenols is 2. The van der Waals surface area contributed by atoms with Gasteiger partial charge in [-0.25, -0.2) is 0 Å². The average molecular weight is 543 g/mol. The van der Waals surface area contributed by atoms with E-state index < -0.39 is 0 Å². The predicted octanol–water partition coefficient (Wildman–Crippen LogP) is 9.88. The van der Waals surface area contributed by atoms with Crippen molar-refractivity contribution < 1.29 is 14.9 Å². The first-order chi connectivity index (χ1) is 19.0. The minimum atomic E-state index is 0.183. The Morgan fingerprint density at radius 3 is 1.52 bits per heavy atom. The minimum Gasteiger partial charge on any atom is -0.507 e. The molecule has 0 bridgehead atoms. The summed E-state index contributed by atoms with van der Waals surface area (Å²) in [4.78, 5) is 9.53. The number of aromatic hydroxyl groups is 2. The molecule has 5 nitrogen and oxygen atoms in total. The fourth-order valence-electron chi connectivity index (χ4n) is 4.65. The molecule has 0 radical (unpaired) electrons. The molecule has 0 aromatic heterocycles. The van der Waals surface area contributed by atoms with Crippen LogP contribution >= 0.6 is 0 Å². The van der Waals surface area contributed by atoms with Crippen LogP contribution in [-0.4, -0.2) is 29.8 Å². The standard InChI is InChI=1S/C35H46N2O3/c1-10-23(7)25-14-27(34(38)30(16-25)21(3)4)19-36-32-13-12-29(40-9)18-33(32)37-20-28-15-26(24(8)11-2)17-31(22(5)6)35(28)39/h12-24,38-39H,10-11H2,1-9H3. The molecule has 3 aromatic carbocycles. The quantitative estimate of drug-likeness (QED) is 0.237. The second-order valence-corrected chi connectivity index (χ2v) is 11.4. The Hall–Kier alpha value is -3.60. The van der Waals surface area contributed by atoms with Gasteiger partial charge in [0.1, 0.15) is 17.2 Å². The highest BCUT2D eigenvalue weighted by Gasteiger charge is 2.16. The molecule has 0 aliphatic carbocycles. The molecule has 0 saturated heterocycles. The third-order valence-electron chi connectivity index (χ3n) is 7.86. The smallest absolute Gasteiger partial charge is 0.127 e. The summed E-state index contributed by atoms with van der Waals surface area (Å²) in [7, 11) is 1.62. The molecule has 214 valence electrons. The van der Waals surface area contributed by atoms with Crippen LogP contribution in [0, 0.1) is 0 Å². The topological polar surface area (TPSA) is 74.4 Å². The van der Waals surface area contributed by atoms with Crippen LogP contribution in [0.15, 0.2) is 52.4 Å². The maximum absolute atomic E-state index is 11.1. The van der Waals surface area contributed by atoms with Gasteiger partial charge in [-0.05, 0) is 83.0 Å². The Labute approximate surface area is 240 Å². The number of nitrogens with zero attached hydrogens (tertiary/aromatic N) is 2. The van der Waals surface area contributed by atoms with Crippen LogP contribution in [0.1, 0.15) is 125 Å². The van der Waals surface area contributed by atoms with Crippen molar-refractivity contribution in [2.75, 3.05) is 7.11 Å². The summed E-state index contributed by atoms with van der Waals surface area (Å²) in [5.74, 6) is 2.30. The molecule has 0 saturated carbocycles. The first kappa shape index (κ1) is 30.9. The molecule has 0 spiro atoms. The molecule has 0 aliphatic heterocycles. The van der Waals surface area contributed by atoms with Crippen molar-refractivity contribution in [3.63, 3.8) is 0 Å². The van der Waals surface area contributed by atoms with Gasteiger partial charge in [0.05, 0.1) is 18.5 Å². The first-order valence-corrected chi connectivity index (χ1v) is 14.5. The maximum Gasteiger partial charge on any atom is 0.127 e. The third kappa shape index (κ3) is 7.12. The van der Waals surface area contributed by atoms with E-state index in [0.29, 0.717) is 40.1 Å². The van der Waals surface area contributed by atoms with E-state index in [1.165, 1.54) is 11.1 Å². The summed E-state index contributed by atoms with van der Waals surface area (Å²) in [6.45, 7) is 17.1. The molecule has 0 fully saturated rings. The minimum absolute atomic E-state index is 0.183. The molecule has 5 heteroatoms.